The standard InChI is InChI=1S/C21H21BrN2O4S/c22-14-5-3-6-15(11-14)27-10-4-9-20(26)28-13-19(25)24-21-17(12-23)16-7-1-2-8-18(16)29-21/h3,5-6,11H,1-2,4,7-10,13H2,(H,24,25). The van der Waals surface area contributed by atoms with Crippen LogP contribution in [0.15, 0.2) is 28.7 Å². The first-order chi connectivity index (χ1) is 14.1. The number of fused-ring (bicyclic) bond motifs is 1. The van der Waals surface area contributed by atoms with E-state index < -0.39 is 11.9 Å². The average Bonchev–Trinajstić information content (AvgIpc) is 3.06. The molecule has 29 heavy (non-hydrogen) atoms. The number of nitrogens with one attached hydrogen (secondary N) is 1. The Balaban J connectivity index is 1.39. The van der Waals surface area contributed by atoms with Crippen molar-refractivity contribution in [3.05, 3.63) is 44.7 Å². The Hall–Kier alpha value is -2.37. The van der Waals surface area contributed by atoms with E-state index >= 15 is 0 Å². The molecule has 0 spiro atoms. The summed E-state index contributed by atoms with van der Waals surface area (Å²) >= 11 is 4.82. The van der Waals surface area contributed by atoms with E-state index in [-0.39, 0.29) is 13.0 Å². The normalized spacial score (nSPS) is 12.6. The summed E-state index contributed by atoms with van der Waals surface area (Å²) in [6, 6.07) is 9.65. The number of hydrogen-bond acceptors (Lipinski definition) is 6. The first-order valence-electron chi connectivity index (χ1n) is 9.45. The molecule has 0 radical (unpaired) electrons. The third-order valence-corrected chi connectivity index (χ3v) is 6.19. The quantitative estimate of drug-likeness (QED) is 0.444. The second-order valence-electron chi connectivity index (χ2n) is 6.65. The number of aryl methyl sites for hydroxylation is 1. The van der Waals surface area contributed by atoms with Crippen molar-refractivity contribution < 1.29 is 19.1 Å². The molecule has 1 aromatic heterocycles. The monoisotopic (exact) mass is 476 g/mol. The van der Waals surface area contributed by atoms with Crippen molar-refractivity contribution in [3.63, 3.8) is 0 Å². The van der Waals surface area contributed by atoms with Crippen LogP contribution in [0.1, 0.15) is 41.7 Å². The highest BCUT2D eigenvalue weighted by molar-refractivity contribution is 9.10. The molecule has 2 aromatic rings. The smallest absolute Gasteiger partial charge is 0.306 e. The number of halogens is 1. The number of nitriles is 1. The Labute approximate surface area is 181 Å². The van der Waals surface area contributed by atoms with E-state index in [4.69, 9.17) is 9.47 Å². The topological polar surface area (TPSA) is 88.4 Å². The van der Waals surface area contributed by atoms with Crippen LogP contribution >= 0.6 is 27.3 Å². The van der Waals surface area contributed by atoms with E-state index in [0.717, 1.165) is 41.5 Å². The fraction of sp³-hybridized carbons (Fsp3) is 0.381. The Morgan fingerprint density at radius 3 is 2.90 bits per heavy atom. The van der Waals surface area contributed by atoms with Crippen LogP contribution in [0.3, 0.4) is 0 Å². The van der Waals surface area contributed by atoms with E-state index in [0.29, 0.717) is 23.6 Å². The Bertz CT molecular complexity index is 935. The Morgan fingerprint density at radius 2 is 2.10 bits per heavy atom. The van der Waals surface area contributed by atoms with Gasteiger partial charge in [0.15, 0.2) is 6.61 Å². The van der Waals surface area contributed by atoms with Crippen molar-refractivity contribution in [2.45, 2.75) is 38.5 Å². The van der Waals surface area contributed by atoms with E-state index in [1.165, 1.54) is 16.2 Å². The number of amides is 1. The molecule has 1 amide bonds. The van der Waals surface area contributed by atoms with Gasteiger partial charge in [0.2, 0.25) is 0 Å². The predicted octanol–water partition coefficient (Wildman–Crippen LogP) is 4.60. The lowest BCUT2D eigenvalue weighted by Crippen LogP contribution is -2.21. The molecule has 0 unspecified atom stereocenters. The third-order valence-electron chi connectivity index (χ3n) is 4.49. The summed E-state index contributed by atoms with van der Waals surface area (Å²) < 4.78 is 11.5. The summed E-state index contributed by atoms with van der Waals surface area (Å²) in [5.41, 5.74) is 1.61. The van der Waals surface area contributed by atoms with Crippen molar-refractivity contribution in [1.82, 2.24) is 0 Å². The summed E-state index contributed by atoms with van der Waals surface area (Å²) in [6.07, 6.45) is 4.65. The summed E-state index contributed by atoms with van der Waals surface area (Å²) in [5.74, 6) is -0.165. The number of hydrogen-bond donors (Lipinski definition) is 1. The van der Waals surface area contributed by atoms with Crippen LogP contribution in [0.2, 0.25) is 0 Å². The van der Waals surface area contributed by atoms with Gasteiger partial charge in [-0.2, -0.15) is 5.26 Å². The number of rotatable bonds is 8. The van der Waals surface area contributed by atoms with E-state index in [9.17, 15) is 14.9 Å². The van der Waals surface area contributed by atoms with Gasteiger partial charge in [-0.1, -0.05) is 22.0 Å². The van der Waals surface area contributed by atoms with E-state index in [2.05, 4.69) is 27.3 Å². The minimum absolute atomic E-state index is 0.165. The molecule has 3 rings (SSSR count). The molecule has 8 heteroatoms. The molecule has 0 aliphatic heterocycles. The third kappa shape index (κ3) is 6.05. The number of ether oxygens (including phenoxy) is 2. The van der Waals surface area contributed by atoms with E-state index in [1.807, 2.05) is 24.3 Å². The van der Waals surface area contributed by atoms with Gasteiger partial charge in [-0.3, -0.25) is 9.59 Å². The van der Waals surface area contributed by atoms with Crippen molar-refractivity contribution in [3.8, 4) is 11.8 Å². The van der Waals surface area contributed by atoms with Crippen molar-refractivity contribution in [1.29, 1.82) is 5.26 Å². The number of esters is 1. The van der Waals surface area contributed by atoms with Crippen LogP contribution in [0, 0.1) is 11.3 Å². The van der Waals surface area contributed by atoms with Gasteiger partial charge in [-0.05, 0) is 55.9 Å². The Kier molecular flexibility index (Phi) is 7.67. The minimum atomic E-state index is -0.455. The minimum Gasteiger partial charge on any atom is -0.494 e. The molecular formula is C21H21BrN2O4S. The lowest BCUT2D eigenvalue weighted by Gasteiger charge is -2.09. The van der Waals surface area contributed by atoms with Crippen LogP contribution in [0.4, 0.5) is 5.00 Å². The first-order valence-corrected chi connectivity index (χ1v) is 11.1. The largest absolute Gasteiger partial charge is 0.494 e. The second-order valence-corrected chi connectivity index (χ2v) is 8.67. The maximum Gasteiger partial charge on any atom is 0.306 e. The maximum atomic E-state index is 12.1. The molecule has 0 saturated heterocycles. The first kappa shape index (κ1) is 21.3. The van der Waals surface area contributed by atoms with Gasteiger partial charge >= 0.3 is 5.97 Å². The highest BCUT2D eigenvalue weighted by Gasteiger charge is 2.22. The van der Waals surface area contributed by atoms with Gasteiger partial charge in [0.1, 0.15) is 16.8 Å². The molecule has 6 nitrogen and oxygen atoms in total. The Morgan fingerprint density at radius 1 is 1.28 bits per heavy atom. The van der Waals surface area contributed by atoms with Gasteiger partial charge in [0.05, 0.1) is 12.2 Å². The number of carbonyl (C=O) groups is 2. The van der Waals surface area contributed by atoms with Gasteiger partial charge in [0.25, 0.3) is 5.91 Å². The van der Waals surface area contributed by atoms with Crippen LogP contribution < -0.4 is 10.1 Å². The molecular weight excluding hydrogens is 456 g/mol. The summed E-state index contributed by atoms with van der Waals surface area (Å²) in [5, 5.41) is 12.7. The van der Waals surface area contributed by atoms with Crippen LogP contribution in [-0.4, -0.2) is 25.1 Å². The molecule has 1 aliphatic carbocycles. The van der Waals surface area contributed by atoms with Crippen molar-refractivity contribution in [2.24, 2.45) is 0 Å². The molecule has 0 bridgehead atoms. The number of nitrogens with zero attached hydrogens (tertiary/aromatic N) is 1. The molecule has 1 aromatic carbocycles. The van der Waals surface area contributed by atoms with Gasteiger partial charge < -0.3 is 14.8 Å². The van der Waals surface area contributed by atoms with Crippen LogP contribution in [0.5, 0.6) is 5.75 Å². The van der Waals surface area contributed by atoms with Crippen LogP contribution in [-0.2, 0) is 27.2 Å². The van der Waals surface area contributed by atoms with Gasteiger partial charge in [-0.25, -0.2) is 0 Å². The maximum absolute atomic E-state index is 12.1. The zero-order valence-corrected chi connectivity index (χ0v) is 18.2. The number of thiophene rings is 1. The zero-order valence-electron chi connectivity index (χ0n) is 15.8. The number of benzene rings is 1. The molecule has 0 saturated carbocycles. The van der Waals surface area contributed by atoms with Crippen molar-refractivity contribution >= 4 is 44.1 Å². The molecule has 1 aliphatic rings. The van der Waals surface area contributed by atoms with Gasteiger partial charge in [-0.15, -0.1) is 11.3 Å². The lowest BCUT2D eigenvalue weighted by atomic mass is 9.96. The fourth-order valence-corrected chi connectivity index (χ4v) is 4.75. The van der Waals surface area contributed by atoms with E-state index in [1.54, 1.807) is 0 Å². The number of carbonyl (C=O) groups excluding carboxylic acids is 2. The lowest BCUT2D eigenvalue weighted by molar-refractivity contribution is -0.147. The average molecular weight is 477 g/mol. The summed E-state index contributed by atoms with van der Waals surface area (Å²) in [7, 11) is 0. The van der Waals surface area contributed by atoms with Crippen LogP contribution in [0.25, 0.3) is 0 Å². The SMILES string of the molecule is N#Cc1c(NC(=O)COC(=O)CCCOc2cccc(Br)c2)sc2c1CCCC2. The molecule has 1 N–H and O–H groups in total. The summed E-state index contributed by atoms with van der Waals surface area (Å²) in [6.45, 7) is 0.0167. The van der Waals surface area contributed by atoms with Gasteiger partial charge in [0, 0.05) is 15.8 Å². The fourth-order valence-electron chi connectivity index (χ4n) is 3.12. The molecule has 152 valence electrons. The molecule has 0 atom stereocenters. The molecule has 0 fully saturated rings. The highest BCUT2D eigenvalue weighted by atomic mass is 79.9. The zero-order chi connectivity index (χ0) is 20.6. The van der Waals surface area contributed by atoms with Crippen molar-refractivity contribution in [2.75, 3.05) is 18.5 Å². The number of anilines is 1. The predicted molar refractivity (Wildman–Crippen MR) is 114 cm³/mol. The molecule has 1 heterocycles. The summed E-state index contributed by atoms with van der Waals surface area (Å²) in [4.78, 5) is 25.1. The highest BCUT2D eigenvalue weighted by Crippen LogP contribution is 2.37. The second kappa shape index (κ2) is 10.4.